The van der Waals surface area contributed by atoms with Crippen LogP contribution < -0.4 is 15.6 Å². The van der Waals surface area contributed by atoms with Crippen LogP contribution in [0.15, 0.2) is 71.7 Å². The van der Waals surface area contributed by atoms with Gasteiger partial charge < -0.3 is 14.6 Å². The van der Waals surface area contributed by atoms with Crippen LogP contribution >= 0.6 is 0 Å². The van der Waals surface area contributed by atoms with Gasteiger partial charge in [-0.3, -0.25) is 9.59 Å². The molecular weight excluding hydrogens is 328 g/mol. The van der Waals surface area contributed by atoms with Crippen molar-refractivity contribution in [2.24, 2.45) is 0 Å². The van der Waals surface area contributed by atoms with E-state index in [4.69, 9.17) is 4.74 Å². The largest absolute Gasteiger partial charge is 0.495 e. The quantitative estimate of drug-likeness (QED) is 0.768. The van der Waals surface area contributed by atoms with Crippen LogP contribution in [0.3, 0.4) is 0 Å². The molecule has 1 amide bonds. The third-order valence-corrected chi connectivity index (χ3v) is 4.22. The van der Waals surface area contributed by atoms with Gasteiger partial charge in [-0.05, 0) is 42.3 Å². The van der Waals surface area contributed by atoms with Gasteiger partial charge in [-0.25, -0.2) is 0 Å². The molecule has 1 N–H and O–H groups in total. The second kappa shape index (κ2) is 7.70. The number of methoxy groups -OCH3 is 1. The summed E-state index contributed by atoms with van der Waals surface area (Å²) in [6, 6.07) is 18.2. The van der Waals surface area contributed by atoms with Crippen molar-refractivity contribution in [3.05, 3.63) is 93.9 Å². The maximum Gasteiger partial charge on any atom is 0.263 e. The minimum absolute atomic E-state index is 0.0898. The van der Waals surface area contributed by atoms with E-state index in [1.165, 1.54) is 13.2 Å². The first-order valence-electron chi connectivity index (χ1n) is 8.28. The number of ether oxygens (including phenoxy) is 1. The molecule has 1 aromatic heterocycles. The maximum absolute atomic E-state index is 12.7. The normalized spacial score (nSPS) is 10.4. The Hall–Kier alpha value is -3.34. The number of aromatic nitrogens is 1. The maximum atomic E-state index is 12.7. The highest BCUT2D eigenvalue weighted by molar-refractivity contribution is 6.04. The number of nitrogens with zero attached hydrogens (tertiary/aromatic N) is 1. The van der Waals surface area contributed by atoms with E-state index in [-0.39, 0.29) is 11.1 Å². The van der Waals surface area contributed by atoms with Crippen molar-refractivity contribution in [1.29, 1.82) is 0 Å². The Morgan fingerprint density at radius 2 is 1.77 bits per heavy atom. The molecule has 5 nitrogen and oxygen atoms in total. The summed E-state index contributed by atoms with van der Waals surface area (Å²) in [5, 5.41) is 2.74. The first-order chi connectivity index (χ1) is 12.6. The van der Waals surface area contributed by atoms with E-state index in [1.54, 1.807) is 35.0 Å². The van der Waals surface area contributed by atoms with Crippen LogP contribution in [-0.4, -0.2) is 17.6 Å². The Balaban J connectivity index is 1.88. The van der Waals surface area contributed by atoms with Gasteiger partial charge in [-0.1, -0.05) is 36.4 Å². The number of amides is 1. The molecule has 0 aliphatic rings. The number of benzene rings is 2. The van der Waals surface area contributed by atoms with Crippen LogP contribution in [-0.2, 0) is 6.54 Å². The molecule has 3 rings (SSSR count). The van der Waals surface area contributed by atoms with Crippen molar-refractivity contribution in [3.63, 3.8) is 0 Å². The molecule has 132 valence electrons. The lowest BCUT2D eigenvalue weighted by molar-refractivity contribution is 0.102. The van der Waals surface area contributed by atoms with Gasteiger partial charge in [0.2, 0.25) is 0 Å². The lowest BCUT2D eigenvalue weighted by Gasteiger charge is -2.12. The molecule has 3 aromatic rings. The highest BCUT2D eigenvalue weighted by Crippen LogP contribution is 2.23. The van der Waals surface area contributed by atoms with E-state index in [1.807, 2.05) is 37.3 Å². The van der Waals surface area contributed by atoms with E-state index in [0.717, 1.165) is 11.1 Å². The van der Waals surface area contributed by atoms with Crippen LogP contribution in [0.25, 0.3) is 0 Å². The average molecular weight is 348 g/mol. The van der Waals surface area contributed by atoms with Gasteiger partial charge >= 0.3 is 0 Å². The second-order valence-corrected chi connectivity index (χ2v) is 5.94. The predicted octanol–water partition coefficient (Wildman–Crippen LogP) is 3.47. The lowest BCUT2D eigenvalue weighted by atomic mass is 10.1. The molecule has 0 aliphatic heterocycles. The first-order valence-corrected chi connectivity index (χ1v) is 8.28. The second-order valence-electron chi connectivity index (χ2n) is 5.94. The Kier molecular flexibility index (Phi) is 5.17. The summed E-state index contributed by atoms with van der Waals surface area (Å²) >= 11 is 0. The summed E-state index contributed by atoms with van der Waals surface area (Å²) in [7, 11) is 1.53. The summed E-state index contributed by atoms with van der Waals surface area (Å²) in [6.45, 7) is 2.42. The van der Waals surface area contributed by atoms with Crippen LogP contribution in [0.4, 0.5) is 5.69 Å². The van der Waals surface area contributed by atoms with E-state index in [9.17, 15) is 9.59 Å². The summed E-state index contributed by atoms with van der Waals surface area (Å²) in [5.74, 6) is 0.0793. The molecule has 0 atom stereocenters. The zero-order valence-electron chi connectivity index (χ0n) is 14.7. The fourth-order valence-corrected chi connectivity index (χ4v) is 2.74. The van der Waals surface area contributed by atoms with Crippen LogP contribution in [0.1, 0.15) is 21.5 Å². The van der Waals surface area contributed by atoms with Crippen LogP contribution in [0.5, 0.6) is 5.75 Å². The Labute approximate surface area is 151 Å². The number of hydrogen-bond donors (Lipinski definition) is 1. The Bertz CT molecular complexity index is 992. The molecule has 2 aromatic carbocycles. The van der Waals surface area contributed by atoms with Crippen molar-refractivity contribution in [3.8, 4) is 5.75 Å². The molecule has 26 heavy (non-hydrogen) atoms. The number of aryl methyl sites for hydroxylation is 1. The third-order valence-electron chi connectivity index (χ3n) is 4.22. The number of para-hydroxylation sites is 2. The lowest BCUT2D eigenvalue weighted by Crippen LogP contribution is -2.29. The molecule has 0 radical (unpaired) electrons. The van der Waals surface area contributed by atoms with E-state index in [0.29, 0.717) is 18.0 Å². The van der Waals surface area contributed by atoms with Gasteiger partial charge in [0, 0.05) is 6.20 Å². The van der Waals surface area contributed by atoms with E-state index in [2.05, 4.69) is 5.32 Å². The molecule has 0 bridgehead atoms. The van der Waals surface area contributed by atoms with Crippen molar-refractivity contribution >= 4 is 11.6 Å². The summed E-state index contributed by atoms with van der Waals surface area (Å²) < 4.78 is 6.77. The molecule has 0 aliphatic carbocycles. The summed E-state index contributed by atoms with van der Waals surface area (Å²) in [5.41, 5.74) is 2.42. The molecule has 0 unspecified atom stereocenters. The molecular formula is C21H20N2O3. The fourth-order valence-electron chi connectivity index (χ4n) is 2.74. The number of carbonyl (C=O) groups excluding carboxylic acids is 1. The topological polar surface area (TPSA) is 60.3 Å². The van der Waals surface area contributed by atoms with Crippen molar-refractivity contribution < 1.29 is 9.53 Å². The SMILES string of the molecule is COc1ccccc1NC(=O)c1cccn(Cc2ccccc2C)c1=O. The number of pyridine rings is 1. The number of anilines is 1. The van der Waals surface area contributed by atoms with Crippen molar-refractivity contribution in [2.75, 3.05) is 12.4 Å². The molecule has 0 spiro atoms. The number of nitrogens with one attached hydrogen (secondary N) is 1. The summed E-state index contributed by atoms with van der Waals surface area (Å²) in [4.78, 5) is 25.3. The standard InChI is InChI=1S/C21H20N2O3/c1-15-8-3-4-9-16(15)14-23-13-7-10-17(21(23)25)20(24)22-18-11-5-6-12-19(18)26-2/h3-13H,14H2,1-2H3,(H,22,24). The fraction of sp³-hybridized carbons (Fsp3) is 0.143. The van der Waals surface area contributed by atoms with Crippen molar-refractivity contribution in [2.45, 2.75) is 13.5 Å². The predicted molar refractivity (Wildman–Crippen MR) is 102 cm³/mol. The van der Waals surface area contributed by atoms with Gasteiger partial charge in [0.25, 0.3) is 11.5 Å². The van der Waals surface area contributed by atoms with Gasteiger partial charge in [0.05, 0.1) is 19.3 Å². The average Bonchev–Trinajstić information content (AvgIpc) is 2.65. The molecule has 0 saturated heterocycles. The minimum Gasteiger partial charge on any atom is -0.495 e. The molecule has 5 heteroatoms. The van der Waals surface area contributed by atoms with Gasteiger partial charge in [-0.15, -0.1) is 0 Å². The molecule has 0 saturated carbocycles. The van der Waals surface area contributed by atoms with Crippen LogP contribution in [0.2, 0.25) is 0 Å². The highest BCUT2D eigenvalue weighted by Gasteiger charge is 2.14. The zero-order valence-corrected chi connectivity index (χ0v) is 14.7. The van der Waals surface area contributed by atoms with Gasteiger partial charge in [-0.2, -0.15) is 0 Å². The van der Waals surface area contributed by atoms with Gasteiger partial charge in [0.1, 0.15) is 11.3 Å². The molecule has 0 fully saturated rings. The van der Waals surface area contributed by atoms with Crippen LogP contribution in [0, 0.1) is 6.92 Å². The number of hydrogen-bond acceptors (Lipinski definition) is 3. The number of carbonyl (C=O) groups is 1. The van der Waals surface area contributed by atoms with E-state index < -0.39 is 5.91 Å². The first kappa shape index (κ1) is 17.5. The van der Waals surface area contributed by atoms with Gasteiger partial charge in [0.15, 0.2) is 0 Å². The monoisotopic (exact) mass is 348 g/mol. The zero-order chi connectivity index (χ0) is 18.5. The minimum atomic E-state index is -0.460. The number of rotatable bonds is 5. The Morgan fingerprint density at radius 1 is 1.04 bits per heavy atom. The van der Waals surface area contributed by atoms with Crippen molar-refractivity contribution in [1.82, 2.24) is 4.57 Å². The van der Waals surface area contributed by atoms with E-state index >= 15 is 0 Å². The third kappa shape index (κ3) is 3.67. The highest BCUT2D eigenvalue weighted by atomic mass is 16.5. The Morgan fingerprint density at radius 3 is 2.54 bits per heavy atom. The smallest absolute Gasteiger partial charge is 0.263 e. The summed E-state index contributed by atoms with van der Waals surface area (Å²) in [6.07, 6.45) is 1.69. The molecule has 1 heterocycles.